The first-order valence-corrected chi connectivity index (χ1v) is 6.44. The predicted octanol–water partition coefficient (Wildman–Crippen LogP) is -0.120. The first kappa shape index (κ1) is 10.5. The van der Waals surface area contributed by atoms with Crippen LogP contribution in [0.25, 0.3) is 0 Å². The summed E-state index contributed by atoms with van der Waals surface area (Å²) < 4.78 is 0. The van der Waals surface area contributed by atoms with Crippen LogP contribution in [0.4, 0.5) is 0 Å². The van der Waals surface area contributed by atoms with E-state index in [1.54, 1.807) is 0 Å². The summed E-state index contributed by atoms with van der Waals surface area (Å²) >= 11 is 0. The van der Waals surface area contributed by atoms with Crippen LogP contribution < -0.4 is 5.32 Å². The van der Waals surface area contributed by atoms with Gasteiger partial charge in [-0.2, -0.15) is 5.26 Å². The standard InChI is InChI=1S/C12H20N4/c13-9-12(16-7-3-14-4-8-16)10-15-5-1-11(12)2-6-15/h11,14H,1-8,10H2. The lowest BCUT2D eigenvalue weighted by Crippen LogP contribution is -2.68. The van der Waals surface area contributed by atoms with Crippen molar-refractivity contribution >= 4 is 0 Å². The molecule has 4 aliphatic heterocycles. The fourth-order valence-electron chi connectivity index (χ4n) is 3.66. The van der Waals surface area contributed by atoms with Crippen molar-refractivity contribution in [3.05, 3.63) is 0 Å². The molecule has 4 heteroatoms. The predicted molar refractivity (Wildman–Crippen MR) is 62.0 cm³/mol. The highest BCUT2D eigenvalue weighted by Crippen LogP contribution is 2.39. The van der Waals surface area contributed by atoms with Crippen molar-refractivity contribution in [3.63, 3.8) is 0 Å². The van der Waals surface area contributed by atoms with E-state index >= 15 is 0 Å². The minimum atomic E-state index is -0.168. The van der Waals surface area contributed by atoms with Crippen LogP contribution in [0.5, 0.6) is 0 Å². The van der Waals surface area contributed by atoms with E-state index in [4.69, 9.17) is 0 Å². The number of nitriles is 1. The second-order valence-electron chi connectivity index (χ2n) is 5.32. The summed E-state index contributed by atoms with van der Waals surface area (Å²) in [6, 6.07) is 2.68. The summed E-state index contributed by atoms with van der Waals surface area (Å²) in [4.78, 5) is 4.92. The van der Waals surface area contributed by atoms with Crippen molar-refractivity contribution in [2.24, 2.45) is 5.92 Å². The van der Waals surface area contributed by atoms with Gasteiger partial charge in [-0.25, -0.2) is 0 Å². The number of rotatable bonds is 1. The second-order valence-corrected chi connectivity index (χ2v) is 5.32. The van der Waals surface area contributed by atoms with Crippen LogP contribution in [0.15, 0.2) is 0 Å². The smallest absolute Gasteiger partial charge is 0.125 e. The molecule has 1 atom stereocenters. The zero-order valence-electron chi connectivity index (χ0n) is 9.78. The molecule has 4 nitrogen and oxygen atoms in total. The molecule has 16 heavy (non-hydrogen) atoms. The molecule has 1 unspecified atom stereocenters. The van der Waals surface area contributed by atoms with E-state index in [-0.39, 0.29) is 5.54 Å². The van der Waals surface area contributed by atoms with Crippen molar-refractivity contribution < 1.29 is 0 Å². The molecule has 88 valence electrons. The van der Waals surface area contributed by atoms with Crippen molar-refractivity contribution in [2.75, 3.05) is 45.8 Å². The molecule has 4 saturated heterocycles. The van der Waals surface area contributed by atoms with Crippen LogP contribution >= 0.6 is 0 Å². The molecule has 0 radical (unpaired) electrons. The molecule has 0 aliphatic carbocycles. The second kappa shape index (κ2) is 3.99. The number of nitrogens with one attached hydrogen (secondary N) is 1. The van der Waals surface area contributed by atoms with Crippen LogP contribution in [0.1, 0.15) is 12.8 Å². The summed E-state index contributed by atoms with van der Waals surface area (Å²) in [7, 11) is 0. The SMILES string of the molecule is N#CC1(N2CCNCC2)CN2CCC1CC2. The minimum absolute atomic E-state index is 0.168. The Bertz CT molecular complexity index is 297. The summed E-state index contributed by atoms with van der Waals surface area (Å²) in [6.45, 7) is 7.55. The van der Waals surface area contributed by atoms with Gasteiger partial charge in [-0.15, -0.1) is 0 Å². The van der Waals surface area contributed by atoms with Gasteiger partial charge in [-0.1, -0.05) is 0 Å². The largest absolute Gasteiger partial charge is 0.314 e. The fourth-order valence-corrected chi connectivity index (χ4v) is 3.66. The summed E-state index contributed by atoms with van der Waals surface area (Å²) in [5, 5.41) is 13.1. The number of hydrogen-bond acceptors (Lipinski definition) is 4. The van der Waals surface area contributed by atoms with Gasteiger partial charge in [0.2, 0.25) is 0 Å². The lowest BCUT2D eigenvalue weighted by Gasteiger charge is -2.55. The molecule has 2 bridgehead atoms. The number of piperazine rings is 1. The van der Waals surface area contributed by atoms with Gasteiger partial charge in [0.1, 0.15) is 5.54 Å². The summed E-state index contributed by atoms with van der Waals surface area (Å²) in [5.41, 5.74) is -0.168. The van der Waals surface area contributed by atoms with E-state index in [0.717, 1.165) is 32.7 Å². The number of piperidine rings is 3. The molecule has 0 saturated carbocycles. The molecule has 4 heterocycles. The van der Waals surface area contributed by atoms with Crippen molar-refractivity contribution in [1.82, 2.24) is 15.1 Å². The van der Waals surface area contributed by atoms with E-state index in [9.17, 15) is 5.26 Å². The number of hydrogen-bond donors (Lipinski definition) is 1. The van der Waals surface area contributed by atoms with E-state index in [1.165, 1.54) is 25.9 Å². The Morgan fingerprint density at radius 3 is 2.31 bits per heavy atom. The molecule has 4 aliphatic rings. The molecular formula is C12H20N4. The first-order chi connectivity index (χ1) is 7.85. The molecule has 0 aromatic carbocycles. The van der Waals surface area contributed by atoms with E-state index in [1.807, 2.05) is 0 Å². The Morgan fingerprint density at radius 1 is 1.12 bits per heavy atom. The zero-order valence-corrected chi connectivity index (χ0v) is 9.78. The van der Waals surface area contributed by atoms with Gasteiger partial charge in [0.25, 0.3) is 0 Å². The third kappa shape index (κ3) is 1.46. The van der Waals surface area contributed by atoms with E-state index in [0.29, 0.717) is 5.92 Å². The maximum Gasteiger partial charge on any atom is 0.125 e. The van der Waals surface area contributed by atoms with Gasteiger partial charge in [0.15, 0.2) is 0 Å². The highest BCUT2D eigenvalue weighted by atomic mass is 15.3. The van der Waals surface area contributed by atoms with Gasteiger partial charge < -0.3 is 10.2 Å². The van der Waals surface area contributed by atoms with Crippen LogP contribution in [-0.4, -0.2) is 61.2 Å². The maximum absolute atomic E-state index is 9.68. The van der Waals surface area contributed by atoms with Crippen molar-refractivity contribution in [1.29, 1.82) is 5.26 Å². The van der Waals surface area contributed by atoms with Gasteiger partial charge >= 0.3 is 0 Å². The molecular weight excluding hydrogens is 200 g/mol. The molecule has 0 amide bonds. The normalized spacial score (nSPS) is 44.2. The fraction of sp³-hybridized carbons (Fsp3) is 0.917. The Labute approximate surface area is 97.2 Å². The first-order valence-electron chi connectivity index (χ1n) is 6.44. The van der Waals surface area contributed by atoms with Gasteiger partial charge in [0, 0.05) is 32.7 Å². The topological polar surface area (TPSA) is 42.3 Å². The summed E-state index contributed by atoms with van der Waals surface area (Å²) in [5.74, 6) is 0.612. The quantitative estimate of drug-likeness (QED) is 0.669. The average molecular weight is 220 g/mol. The molecule has 4 rings (SSSR count). The Morgan fingerprint density at radius 2 is 1.81 bits per heavy atom. The third-order valence-electron chi connectivity index (χ3n) is 4.60. The van der Waals surface area contributed by atoms with Gasteiger partial charge in [-0.3, -0.25) is 4.90 Å². The molecule has 1 N–H and O–H groups in total. The lowest BCUT2D eigenvalue weighted by atomic mass is 9.72. The Kier molecular flexibility index (Phi) is 2.62. The van der Waals surface area contributed by atoms with Crippen molar-refractivity contribution in [3.8, 4) is 6.07 Å². The Hall–Kier alpha value is -0.630. The number of fused-ring (bicyclic) bond motifs is 3. The third-order valence-corrected chi connectivity index (χ3v) is 4.60. The maximum atomic E-state index is 9.68. The van der Waals surface area contributed by atoms with Crippen molar-refractivity contribution in [2.45, 2.75) is 18.4 Å². The minimum Gasteiger partial charge on any atom is -0.314 e. The molecule has 0 aromatic rings. The van der Waals surface area contributed by atoms with Crippen LogP contribution in [0.3, 0.4) is 0 Å². The van der Waals surface area contributed by atoms with Crippen LogP contribution in [0.2, 0.25) is 0 Å². The van der Waals surface area contributed by atoms with Gasteiger partial charge in [-0.05, 0) is 31.8 Å². The lowest BCUT2D eigenvalue weighted by molar-refractivity contribution is -0.0426. The van der Waals surface area contributed by atoms with Crippen LogP contribution in [-0.2, 0) is 0 Å². The van der Waals surface area contributed by atoms with Gasteiger partial charge in [0.05, 0.1) is 6.07 Å². The zero-order chi connectivity index (χ0) is 11.0. The average Bonchev–Trinajstić information content (AvgIpc) is 2.41. The van der Waals surface area contributed by atoms with E-state index in [2.05, 4.69) is 21.2 Å². The van der Waals surface area contributed by atoms with E-state index < -0.39 is 0 Å². The number of nitrogens with zero attached hydrogens (tertiary/aromatic N) is 3. The highest BCUT2D eigenvalue weighted by Gasteiger charge is 2.50. The summed E-state index contributed by atoms with van der Waals surface area (Å²) in [6.07, 6.45) is 2.44. The molecule has 0 aromatic heterocycles. The molecule has 0 spiro atoms. The van der Waals surface area contributed by atoms with Crippen LogP contribution in [0, 0.1) is 17.2 Å². The Balaban J connectivity index is 1.85. The highest BCUT2D eigenvalue weighted by molar-refractivity contribution is 5.18. The molecule has 4 fully saturated rings. The monoisotopic (exact) mass is 220 g/mol.